The van der Waals surface area contributed by atoms with Crippen LogP contribution in [0.2, 0.25) is 0 Å². The van der Waals surface area contributed by atoms with E-state index < -0.39 is 5.25 Å². The van der Waals surface area contributed by atoms with Crippen molar-refractivity contribution in [2.24, 2.45) is 0 Å². The van der Waals surface area contributed by atoms with Gasteiger partial charge in [0.25, 0.3) is 0 Å². The molecular weight excluding hydrogens is 332 g/mol. The number of thioether (sulfide) groups is 1. The fourth-order valence-electron chi connectivity index (χ4n) is 2.59. The van der Waals surface area contributed by atoms with Gasteiger partial charge in [0, 0.05) is 11.6 Å². The number of nitrogens with one attached hydrogen (secondary N) is 2. The zero-order chi connectivity index (χ0) is 17.1. The lowest BCUT2D eigenvalue weighted by molar-refractivity contribution is -0.115. The van der Waals surface area contributed by atoms with Gasteiger partial charge in [-0.05, 0) is 30.5 Å². The summed E-state index contributed by atoms with van der Waals surface area (Å²) >= 11 is 1.37. The van der Waals surface area contributed by atoms with Gasteiger partial charge >= 0.3 is 0 Å². The SMILES string of the molecule is O=C(Nc1ccccc1)C(Sc1n[nH]c(C2CC2)n1)c1ccccc1. The number of carbonyl (C=O) groups excluding carboxylic acids is 1. The fourth-order valence-corrected chi connectivity index (χ4v) is 3.51. The molecule has 6 heteroatoms. The predicted octanol–water partition coefficient (Wildman–Crippen LogP) is 4.15. The van der Waals surface area contributed by atoms with Crippen LogP contribution in [0.15, 0.2) is 65.8 Å². The smallest absolute Gasteiger partial charge is 0.242 e. The van der Waals surface area contributed by atoms with Crippen LogP contribution in [0.5, 0.6) is 0 Å². The Labute approximate surface area is 150 Å². The van der Waals surface area contributed by atoms with Crippen molar-refractivity contribution >= 4 is 23.4 Å². The number of benzene rings is 2. The molecule has 5 nitrogen and oxygen atoms in total. The number of amides is 1. The highest BCUT2D eigenvalue weighted by Crippen LogP contribution is 2.40. The van der Waals surface area contributed by atoms with Crippen molar-refractivity contribution in [1.29, 1.82) is 0 Å². The first-order valence-corrected chi connectivity index (χ1v) is 9.17. The highest BCUT2D eigenvalue weighted by molar-refractivity contribution is 8.00. The normalized spacial score (nSPS) is 14.9. The van der Waals surface area contributed by atoms with Crippen LogP contribution in [0.1, 0.15) is 35.4 Å². The molecule has 25 heavy (non-hydrogen) atoms. The summed E-state index contributed by atoms with van der Waals surface area (Å²) in [6.45, 7) is 0. The second-order valence-electron chi connectivity index (χ2n) is 6.04. The van der Waals surface area contributed by atoms with Crippen LogP contribution in [0.3, 0.4) is 0 Å². The molecule has 1 atom stereocenters. The summed E-state index contributed by atoms with van der Waals surface area (Å²) in [5, 5.41) is 10.5. The van der Waals surface area contributed by atoms with Crippen LogP contribution in [0, 0.1) is 0 Å². The van der Waals surface area contributed by atoms with E-state index in [1.54, 1.807) is 0 Å². The lowest BCUT2D eigenvalue weighted by Crippen LogP contribution is -2.19. The van der Waals surface area contributed by atoms with Gasteiger partial charge in [0.2, 0.25) is 11.1 Å². The van der Waals surface area contributed by atoms with Crippen molar-refractivity contribution in [2.45, 2.75) is 29.2 Å². The van der Waals surface area contributed by atoms with Crippen molar-refractivity contribution < 1.29 is 4.79 Å². The molecule has 126 valence electrons. The van der Waals surface area contributed by atoms with E-state index >= 15 is 0 Å². The van der Waals surface area contributed by atoms with E-state index in [1.807, 2.05) is 60.7 Å². The Bertz CT molecular complexity index is 846. The molecule has 0 radical (unpaired) electrons. The average Bonchev–Trinajstić information content (AvgIpc) is 3.40. The molecule has 1 fully saturated rings. The summed E-state index contributed by atoms with van der Waals surface area (Å²) < 4.78 is 0. The summed E-state index contributed by atoms with van der Waals surface area (Å²) in [5.41, 5.74) is 1.71. The number of aromatic nitrogens is 3. The summed E-state index contributed by atoms with van der Waals surface area (Å²) in [4.78, 5) is 17.4. The third-order valence-corrected chi connectivity index (χ3v) is 5.17. The molecule has 0 aliphatic heterocycles. The van der Waals surface area contributed by atoms with Crippen molar-refractivity contribution in [2.75, 3.05) is 5.32 Å². The second-order valence-corrected chi connectivity index (χ2v) is 7.11. The minimum Gasteiger partial charge on any atom is -0.325 e. The Hall–Kier alpha value is -2.60. The standard InChI is InChI=1S/C19H18N4OS/c24-18(20-15-9-5-2-6-10-15)16(13-7-3-1-4-8-13)25-19-21-17(22-23-19)14-11-12-14/h1-10,14,16H,11-12H2,(H,20,24)(H,21,22,23). The molecule has 2 aromatic carbocycles. The van der Waals surface area contributed by atoms with E-state index in [2.05, 4.69) is 20.5 Å². The molecule has 3 aromatic rings. The summed E-state index contributed by atoms with van der Waals surface area (Å²) in [7, 11) is 0. The molecule has 1 aromatic heterocycles. The van der Waals surface area contributed by atoms with Crippen molar-refractivity contribution in [1.82, 2.24) is 15.2 Å². The van der Waals surface area contributed by atoms with E-state index in [0.29, 0.717) is 11.1 Å². The molecule has 4 rings (SSSR count). The van der Waals surface area contributed by atoms with Crippen molar-refractivity contribution in [3.8, 4) is 0 Å². The molecule has 1 unspecified atom stereocenters. The summed E-state index contributed by atoms with van der Waals surface area (Å²) in [5.74, 6) is 1.35. The topological polar surface area (TPSA) is 70.7 Å². The fraction of sp³-hybridized carbons (Fsp3) is 0.211. The number of rotatable bonds is 6. The average molecular weight is 350 g/mol. The van der Waals surface area contributed by atoms with Crippen molar-refractivity contribution in [3.63, 3.8) is 0 Å². The number of anilines is 1. The number of nitrogens with zero attached hydrogens (tertiary/aromatic N) is 2. The lowest BCUT2D eigenvalue weighted by atomic mass is 10.1. The first kappa shape index (κ1) is 15.9. The van der Waals surface area contributed by atoms with Crippen molar-refractivity contribution in [3.05, 3.63) is 72.1 Å². The minimum atomic E-state index is -0.413. The van der Waals surface area contributed by atoms with Crippen LogP contribution < -0.4 is 5.32 Å². The maximum atomic E-state index is 12.9. The van der Waals surface area contributed by atoms with Gasteiger partial charge in [-0.3, -0.25) is 9.89 Å². The first-order chi connectivity index (χ1) is 12.3. The van der Waals surface area contributed by atoms with E-state index in [-0.39, 0.29) is 5.91 Å². The third kappa shape index (κ3) is 3.91. The third-order valence-electron chi connectivity index (χ3n) is 4.05. The summed E-state index contributed by atoms with van der Waals surface area (Å²) in [6, 6.07) is 19.2. The predicted molar refractivity (Wildman–Crippen MR) is 98.5 cm³/mol. The zero-order valence-corrected chi connectivity index (χ0v) is 14.4. The molecule has 0 saturated heterocycles. The number of para-hydroxylation sites is 1. The number of carbonyl (C=O) groups is 1. The number of hydrogen-bond acceptors (Lipinski definition) is 4. The van der Waals surface area contributed by atoms with Gasteiger partial charge in [-0.25, -0.2) is 4.98 Å². The van der Waals surface area contributed by atoms with Crippen LogP contribution in [-0.2, 0) is 4.79 Å². The number of H-pyrrole nitrogens is 1. The molecule has 1 amide bonds. The van der Waals surface area contributed by atoms with Gasteiger partial charge in [-0.2, -0.15) is 0 Å². The van der Waals surface area contributed by atoms with Crippen LogP contribution in [0.25, 0.3) is 0 Å². The molecule has 1 aliphatic rings. The monoisotopic (exact) mass is 350 g/mol. The Morgan fingerprint density at radius 1 is 1.08 bits per heavy atom. The number of hydrogen-bond donors (Lipinski definition) is 2. The molecular formula is C19H18N4OS. The van der Waals surface area contributed by atoms with E-state index in [1.165, 1.54) is 11.8 Å². The maximum absolute atomic E-state index is 12.9. The van der Waals surface area contributed by atoms with Gasteiger partial charge in [0.05, 0.1) is 0 Å². The Morgan fingerprint density at radius 3 is 2.44 bits per heavy atom. The van der Waals surface area contributed by atoms with Gasteiger partial charge in [0.1, 0.15) is 11.1 Å². The Kier molecular flexibility index (Phi) is 4.52. The molecule has 0 bridgehead atoms. The Morgan fingerprint density at radius 2 is 1.76 bits per heavy atom. The largest absolute Gasteiger partial charge is 0.325 e. The number of aromatic amines is 1. The van der Waals surface area contributed by atoms with E-state index in [4.69, 9.17) is 0 Å². The van der Waals surface area contributed by atoms with Crippen LogP contribution in [-0.4, -0.2) is 21.1 Å². The van der Waals surface area contributed by atoms with Gasteiger partial charge in [0.15, 0.2) is 0 Å². The highest BCUT2D eigenvalue weighted by Gasteiger charge is 2.29. The van der Waals surface area contributed by atoms with E-state index in [9.17, 15) is 4.79 Å². The second kappa shape index (κ2) is 7.11. The zero-order valence-electron chi connectivity index (χ0n) is 13.6. The molecule has 2 N–H and O–H groups in total. The van der Waals surface area contributed by atoms with E-state index in [0.717, 1.165) is 29.9 Å². The van der Waals surface area contributed by atoms with Crippen LogP contribution in [0.4, 0.5) is 5.69 Å². The van der Waals surface area contributed by atoms with Gasteiger partial charge in [-0.1, -0.05) is 60.3 Å². The maximum Gasteiger partial charge on any atom is 0.242 e. The molecule has 1 aliphatic carbocycles. The minimum absolute atomic E-state index is 0.0832. The van der Waals surface area contributed by atoms with Crippen LogP contribution >= 0.6 is 11.8 Å². The highest BCUT2D eigenvalue weighted by atomic mass is 32.2. The lowest BCUT2D eigenvalue weighted by Gasteiger charge is -2.15. The molecule has 0 spiro atoms. The first-order valence-electron chi connectivity index (χ1n) is 8.29. The molecule has 1 heterocycles. The Balaban J connectivity index is 1.56. The summed E-state index contributed by atoms with van der Waals surface area (Å²) in [6.07, 6.45) is 2.33. The van der Waals surface area contributed by atoms with Gasteiger partial charge < -0.3 is 5.32 Å². The quantitative estimate of drug-likeness (QED) is 0.655. The molecule has 1 saturated carbocycles. The van der Waals surface area contributed by atoms with Gasteiger partial charge in [-0.15, -0.1) is 5.10 Å².